The van der Waals surface area contributed by atoms with E-state index in [4.69, 9.17) is 15.3 Å². The van der Waals surface area contributed by atoms with Gasteiger partial charge in [-0.25, -0.2) is 5.06 Å². The molecule has 3 N–H and O–H groups in total. The molecule has 48 heavy (non-hydrogen) atoms. The van der Waals surface area contributed by atoms with Gasteiger partial charge in [-0.1, -0.05) is 60.2 Å². The van der Waals surface area contributed by atoms with Gasteiger partial charge in [0.1, 0.15) is 12.4 Å². The van der Waals surface area contributed by atoms with E-state index in [0.717, 1.165) is 35.3 Å². The van der Waals surface area contributed by atoms with Gasteiger partial charge in [0.15, 0.2) is 0 Å². The zero-order chi connectivity index (χ0) is 34.0. The number of nitrogens with one attached hydrogen (secondary N) is 1. The normalized spacial score (nSPS) is 13.2. The molecule has 1 saturated heterocycles. The molecule has 0 bridgehead atoms. The summed E-state index contributed by atoms with van der Waals surface area (Å²) >= 11 is 0. The minimum Gasteiger partial charge on any atom is -0.493 e. The summed E-state index contributed by atoms with van der Waals surface area (Å²) in [6.45, 7) is 5.96. The fourth-order valence-corrected chi connectivity index (χ4v) is 5.49. The Morgan fingerprint density at radius 3 is 2.27 bits per heavy atom. The number of likely N-dealkylation sites (N-methyl/N-ethyl adjacent to an activating group) is 1. The number of hydrogen-bond acceptors (Lipinski definition) is 7. The van der Waals surface area contributed by atoms with Gasteiger partial charge in [-0.05, 0) is 80.0 Å². The molecule has 1 aliphatic heterocycles. The fourth-order valence-electron chi connectivity index (χ4n) is 5.49. The second kappa shape index (κ2) is 16.2. The molecule has 250 valence electrons. The molecular weight excluding hydrogens is 606 g/mol. The molecule has 10 heteroatoms. The Morgan fingerprint density at radius 1 is 0.854 bits per heavy atom. The highest BCUT2D eigenvalue weighted by Gasteiger charge is 2.24. The van der Waals surface area contributed by atoms with Gasteiger partial charge in [0.25, 0.3) is 17.7 Å². The summed E-state index contributed by atoms with van der Waals surface area (Å²) in [5.74, 6) is -0.140. The summed E-state index contributed by atoms with van der Waals surface area (Å²) in [6, 6.07) is 27.4. The van der Waals surface area contributed by atoms with Crippen molar-refractivity contribution in [1.29, 1.82) is 0 Å². The summed E-state index contributed by atoms with van der Waals surface area (Å²) in [5, 5.41) is 4.14. The number of benzene rings is 4. The van der Waals surface area contributed by atoms with Crippen molar-refractivity contribution in [3.8, 4) is 16.9 Å². The molecule has 0 unspecified atom stereocenters. The summed E-state index contributed by atoms with van der Waals surface area (Å²) in [7, 11) is 3.63. The monoisotopic (exact) mass is 649 g/mol. The van der Waals surface area contributed by atoms with Gasteiger partial charge < -0.3 is 25.6 Å². The van der Waals surface area contributed by atoms with Crippen LogP contribution in [0.15, 0.2) is 91.0 Å². The smallest absolute Gasteiger partial charge is 0.277 e. The van der Waals surface area contributed by atoms with Crippen molar-refractivity contribution >= 4 is 23.4 Å². The Morgan fingerprint density at radius 2 is 1.54 bits per heavy atom. The van der Waals surface area contributed by atoms with Crippen molar-refractivity contribution in [2.75, 3.05) is 58.7 Å². The Hall–Kier alpha value is -5.03. The van der Waals surface area contributed by atoms with E-state index in [0.29, 0.717) is 60.8 Å². The standard InChI is InChI=1S/C38H43N5O5/c1-27-13-14-29(34(25-27)38(46)43-22-20-41(2)21-23-43)26-48-42(3)37(45)32-10-5-4-9-31(32)28-15-17-30(18-16-28)40-36(44)33-11-6-7-12-35(33)47-24-8-19-39/h4-7,9-18,25H,8,19-24,26,39H2,1-3H3,(H,40,44). The van der Waals surface area contributed by atoms with E-state index in [2.05, 4.69) is 17.3 Å². The van der Waals surface area contributed by atoms with Crippen LogP contribution < -0.4 is 15.8 Å². The fraction of sp³-hybridized carbons (Fsp3) is 0.289. The lowest BCUT2D eigenvalue weighted by molar-refractivity contribution is -0.116. The first kappa shape index (κ1) is 34.3. The van der Waals surface area contributed by atoms with Gasteiger partial charge in [-0.15, -0.1) is 0 Å². The Kier molecular flexibility index (Phi) is 11.6. The lowest BCUT2D eigenvalue weighted by atomic mass is 9.99. The minimum absolute atomic E-state index is 0.0237. The lowest BCUT2D eigenvalue weighted by Gasteiger charge is -2.33. The van der Waals surface area contributed by atoms with Gasteiger partial charge in [0, 0.05) is 50.0 Å². The summed E-state index contributed by atoms with van der Waals surface area (Å²) in [4.78, 5) is 50.2. The van der Waals surface area contributed by atoms with Gasteiger partial charge in [-0.2, -0.15) is 0 Å². The van der Waals surface area contributed by atoms with Crippen LogP contribution in [0, 0.1) is 6.92 Å². The second-order valence-corrected chi connectivity index (χ2v) is 11.9. The first-order valence-electron chi connectivity index (χ1n) is 16.2. The maximum absolute atomic E-state index is 13.7. The van der Waals surface area contributed by atoms with E-state index in [9.17, 15) is 14.4 Å². The maximum Gasteiger partial charge on any atom is 0.277 e. The minimum atomic E-state index is -0.326. The highest BCUT2D eigenvalue weighted by molar-refractivity contribution is 6.06. The number of carbonyl (C=O) groups excluding carboxylic acids is 3. The van der Waals surface area contributed by atoms with Crippen molar-refractivity contribution in [1.82, 2.24) is 14.9 Å². The topological polar surface area (TPSA) is 117 Å². The molecule has 1 fully saturated rings. The number of rotatable bonds is 12. The summed E-state index contributed by atoms with van der Waals surface area (Å²) in [6.07, 6.45) is 0.690. The summed E-state index contributed by atoms with van der Waals surface area (Å²) in [5.41, 5.74) is 10.9. The molecular formula is C38H43N5O5. The number of piperazine rings is 1. The molecule has 0 saturated carbocycles. The third-order valence-corrected chi connectivity index (χ3v) is 8.33. The van der Waals surface area contributed by atoms with Crippen molar-refractivity contribution in [3.63, 3.8) is 0 Å². The first-order valence-corrected chi connectivity index (χ1v) is 16.2. The van der Waals surface area contributed by atoms with Crippen LogP contribution in [0.2, 0.25) is 0 Å². The zero-order valence-electron chi connectivity index (χ0n) is 27.8. The molecule has 10 nitrogen and oxygen atoms in total. The largest absolute Gasteiger partial charge is 0.493 e. The third kappa shape index (κ3) is 8.46. The number of nitrogens with zero attached hydrogens (tertiary/aromatic N) is 3. The predicted octanol–water partition coefficient (Wildman–Crippen LogP) is 5.23. The quantitative estimate of drug-likeness (QED) is 0.159. The molecule has 3 amide bonds. The maximum atomic E-state index is 13.7. The number of ether oxygens (including phenoxy) is 1. The highest BCUT2D eigenvalue weighted by Crippen LogP contribution is 2.27. The highest BCUT2D eigenvalue weighted by atomic mass is 16.7. The third-order valence-electron chi connectivity index (χ3n) is 8.33. The zero-order valence-corrected chi connectivity index (χ0v) is 27.8. The van der Waals surface area contributed by atoms with Crippen LogP contribution in [0.4, 0.5) is 5.69 Å². The van der Waals surface area contributed by atoms with Crippen LogP contribution in [-0.2, 0) is 11.4 Å². The SMILES string of the molecule is Cc1ccc(CON(C)C(=O)c2ccccc2-c2ccc(NC(=O)c3ccccc3OCCCN)cc2)c(C(=O)N2CCN(C)CC2)c1. The van der Waals surface area contributed by atoms with Crippen LogP contribution >= 0.6 is 0 Å². The molecule has 1 aliphatic rings. The Labute approximate surface area is 282 Å². The summed E-state index contributed by atoms with van der Waals surface area (Å²) < 4.78 is 5.75. The number of anilines is 1. The van der Waals surface area contributed by atoms with E-state index in [-0.39, 0.29) is 24.3 Å². The van der Waals surface area contributed by atoms with Gasteiger partial charge in [-0.3, -0.25) is 19.2 Å². The average molecular weight is 650 g/mol. The van der Waals surface area contributed by atoms with Crippen molar-refractivity contribution in [3.05, 3.63) is 119 Å². The van der Waals surface area contributed by atoms with E-state index < -0.39 is 0 Å². The second-order valence-electron chi connectivity index (χ2n) is 11.9. The van der Waals surface area contributed by atoms with Crippen LogP contribution in [0.3, 0.4) is 0 Å². The predicted molar refractivity (Wildman–Crippen MR) is 187 cm³/mol. The van der Waals surface area contributed by atoms with Crippen LogP contribution in [0.25, 0.3) is 11.1 Å². The number of hydrogen-bond donors (Lipinski definition) is 2. The number of carbonyl (C=O) groups is 3. The lowest BCUT2D eigenvalue weighted by Crippen LogP contribution is -2.47. The van der Waals surface area contributed by atoms with Gasteiger partial charge >= 0.3 is 0 Å². The number of para-hydroxylation sites is 1. The molecule has 0 aliphatic carbocycles. The van der Waals surface area contributed by atoms with Crippen LogP contribution in [0.5, 0.6) is 5.75 Å². The molecule has 5 rings (SSSR count). The Balaban J connectivity index is 1.25. The molecule has 0 atom stereocenters. The van der Waals surface area contributed by atoms with Crippen LogP contribution in [0.1, 0.15) is 48.6 Å². The van der Waals surface area contributed by atoms with Gasteiger partial charge in [0.2, 0.25) is 0 Å². The molecule has 0 radical (unpaired) electrons. The number of nitrogens with two attached hydrogens (primary N) is 1. The van der Waals surface area contributed by atoms with Gasteiger partial charge in [0.05, 0.1) is 12.2 Å². The van der Waals surface area contributed by atoms with E-state index in [1.807, 2.05) is 60.4 Å². The molecule has 4 aromatic rings. The molecule has 1 heterocycles. The number of amides is 3. The number of hydroxylamine groups is 2. The van der Waals surface area contributed by atoms with E-state index >= 15 is 0 Å². The average Bonchev–Trinajstić information content (AvgIpc) is 3.11. The van der Waals surface area contributed by atoms with E-state index in [1.165, 1.54) is 5.06 Å². The molecule has 0 aromatic heterocycles. The first-order chi connectivity index (χ1) is 23.2. The van der Waals surface area contributed by atoms with E-state index in [1.54, 1.807) is 49.5 Å². The molecule has 4 aromatic carbocycles. The van der Waals surface area contributed by atoms with Crippen molar-refractivity contribution < 1.29 is 24.0 Å². The van der Waals surface area contributed by atoms with Crippen molar-refractivity contribution in [2.45, 2.75) is 20.0 Å². The number of aryl methyl sites for hydroxylation is 1. The Bertz CT molecular complexity index is 1730. The molecule has 0 spiro atoms. The van der Waals surface area contributed by atoms with Crippen LogP contribution in [-0.4, -0.2) is 86.0 Å². The van der Waals surface area contributed by atoms with Crippen molar-refractivity contribution in [2.24, 2.45) is 5.73 Å².